The molecule has 0 radical (unpaired) electrons. The summed E-state index contributed by atoms with van der Waals surface area (Å²) in [6, 6.07) is 14.7. The molecule has 0 aliphatic carbocycles. The van der Waals surface area contributed by atoms with Crippen LogP contribution in [0.2, 0.25) is 0 Å². The van der Waals surface area contributed by atoms with Crippen molar-refractivity contribution in [2.45, 2.75) is 6.18 Å². The highest BCUT2D eigenvalue weighted by Crippen LogP contribution is 2.32. The maximum atomic E-state index is 12.9. The van der Waals surface area contributed by atoms with Gasteiger partial charge in [0, 0.05) is 5.69 Å². The highest BCUT2D eigenvalue weighted by Gasteiger charge is 2.32. The normalized spacial score (nSPS) is 11.7. The summed E-state index contributed by atoms with van der Waals surface area (Å²) in [6.07, 6.45) is -3.63. The first kappa shape index (κ1) is 16.3. The van der Waals surface area contributed by atoms with Gasteiger partial charge in [-0.25, -0.2) is 0 Å². The summed E-state index contributed by atoms with van der Waals surface area (Å²) in [5.41, 5.74) is -1.10. The average molecular weight is 316 g/mol. The number of nitrogens with one attached hydrogen (secondary N) is 1. The molecule has 0 fully saturated rings. The van der Waals surface area contributed by atoms with Gasteiger partial charge in [0.25, 0.3) is 5.91 Å². The van der Waals surface area contributed by atoms with Crippen LogP contribution < -0.4 is 5.32 Å². The van der Waals surface area contributed by atoms with Crippen LogP contribution in [-0.4, -0.2) is 5.91 Å². The summed E-state index contributed by atoms with van der Waals surface area (Å²) in [5, 5.41) is 11.5. The Labute approximate surface area is 130 Å². The SMILES string of the molecule is N#CC(=Cc1ccccc1C(F)(F)F)C(=O)Nc1ccccc1. The molecule has 2 aromatic rings. The van der Waals surface area contributed by atoms with Gasteiger partial charge in [-0.2, -0.15) is 18.4 Å². The molecule has 0 heterocycles. The van der Waals surface area contributed by atoms with E-state index < -0.39 is 23.2 Å². The van der Waals surface area contributed by atoms with Gasteiger partial charge < -0.3 is 5.32 Å². The third-order valence-corrected chi connectivity index (χ3v) is 2.96. The van der Waals surface area contributed by atoms with Crippen LogP contribution in [0.3, 0.4) is 0 Å². The lowest BCUT2D eigenvalue weighted by atomic mass is 10.0. The van der Waals surface area contributed by atoms with E-state index in [1.807, 2.05) is 0 Å². The fourth-order valence-corrected chi connectivity index (χ4v) is 1.91. The zero-order valence-corrected chi connectivity index (χ0v) is 11.8. The van der Waals surface area contributed by atoms with Crippen LogP contribution in [0.4, 0.5) is 18.9 Å². The molecule has 3 nitrogen and oxygen atoms in total. The summed E-state index contributed by atoms with van der Waals surface area (Å²) >= 11 is 0. The summed E-state index contributed by atoms with van der Waals surface area (Å²) in [4.78, 5) is 12.0. The van der Waals surface area contributed by atoms with Crippen molar-refractivity contribution >= 4 is 17.7 Å². The Bertz CT molecular complexity index is 774. The summed E-state index contributed by atoms with van der Waals surface area (Å²) in [5.74, 6) is -0.768. The van der Waals surface area contributed by atoms with Crippen LogP contribution in [0.5, 0.6) is 0 Å². The molecular formula is C17H11F3N2O. The number of hydrogen-bond acceptors (Lipinski definition) is 2. The molecule has 1 amide bonds. The van der Waals surface area contributed by atoms with Crippen molar-refractivity contribution in [3.8, 4) is 6.07 Å². The van der Waals surface area contributed by atoms with Crippen molar-refractivity contribution in [2.24, 2.45) is 0 Å². The first-order valence-corrected chi connectivity index (χ1v) is 6.56. The first-order chi connectivity index (χ1) is 10.9. The second-order valence-corrected chi connectivity index (χ2v) is 4.57. The number of carbonyl (C=O) groups excluding carboxylic acids is 1. The van der Waals surface area contributed by atoms with E-state index in [4.69, 9.17) is 5.26 Å². The van der Waals surface area contributed by atoms with E-state index >= 15 is 0 Å². The number of anilines is 1. The first-order valence-electron chi connectivity index (χ1n) is 6.56. The van der Waals surface area contributed by atoms with Gasteiger partial charge in [-0.3, -0.25) is 4.79 Å². The molecule has 0 saturated carbocycles. The van der Waals surface area contributed by atoms with E-state index in [0.29, 0.717) is 5.69 Å². The van der Waals surface area contributed by atoms with E-state index in [9.17, 15) is 18.0 Å². The lowest BCUT2D eigenvalue weighted by Gasteiger charge is -2.10. The minimum atomic E-state index is -4.57. The zero-order chi connectivity index (χ0) is 16.9. The number of nitriles is 1. The maximum Gasteiger partial charge on any atom is 0.416 e. The number of amides is 1. The number of halogens is 3. The molecule has 0 aliphatic rings. The molecule has 0 saturated heterocycles. The standard InChI is InChI=1S/C17H11F3N2O/c18-17(19,20)15-9-5-4-6-12(15)10-13(11-21)16(23)22-14-7-2-1-3-8-14/h1-10H,(H,22,23). The predicted octanol–water partition coefficient (Wildman–Crippen LogP) is 4.25. The Kier molecular flexibility index (Phi) is 4.82. The van der Waals surface area contributed by atoms with Gasteiger partial charge in [0.15, 0.2) is 0 Å². The fraction of sp³-hybridized carbons (Fsp3) is 0.0588. The molecule has 0 bridgehead atoms. The van der Waals surface area contributed by atoms with Gasteiger partial charge in [0.05, 0.1) is 5.56 Å². The van der Waals surface area contributed by atoms with Crippen LogP contribution >= 0.6 is 0 Å². The summed E-state index contributed by atoms with van der Waals surface area (Å²) in [7, 11) is 0. The highest BCUT2D eigenvalue weighted by molar-refractivity contribution is 6.09. The Balaban J connectivity index is 2.33. The number of para-hydroxylation sites is 1. The van der Waals surface area contributed by atoms with Crippen LogP contribution in [0.15, 0.2) is 60.2 Å². The van der Waals surface area contributed by atoms with Gasteiger partial charge in [-0.15, -0.1) is 0 Å². The molecule has 1 N–H and O–H groups in total. The van der Waals surface area contributed by atoms with Gasteiger partial charge in [-0.1, -0.05) is 36.4 Å². The van der Waals surface area contributed by atoms with Gasteiger partial charge in [0.2, 0.25) is 0 Å². The minimum absolute atomic E-state index is 0.236. The molecular weight excluding hydrogens is 305 g/mol. The van der Waals surface area contributed by atoms with Crippen LogP contribution in [0.25, 0.3) is 6.08 Å². The van der Waals surface area contributed by atoms with Crippen molar-refractivity contribution in [1.29, 1.82) is 5.26 Å². The molecule has 0 spiro atoms. The molecule has 2 rings (SSSR count). The zero-order valence-electron chi connectivity index (χ0n) is 11.8. The van der Waals surface area contributed by atoms with Crippen molar-refractivity contribution in [3.05, 3.63) is 71.3 Å². The van der Waals surface area contributed by atoms with Crippen LogP contribution in [0, 0.1) is 11.3 Å². The topological polar surface area (TPSA) is 52.9 Å². The Morgan fingerprint density at radius 2 is 1.65 bits per heavy atom. The molecule has 0 aliphatic heterocycles. The van der Waals surface area contributed by atoms with Crippen molar-refractivity contribution < 1.29 is 18.0 Å². The number of hydrogen-bond donors (Lipinski definition) is 1. The van der Waals surface area contributed by atoms with Gasteiger partial charge >= 0.3 is 6.18 Å². The van der Waals surface area contributed by atoms with Crippen molar-refractivity contribution in [2.75, 3.05) is 5.32 Å². The molecule has 0 aromatic heterocycles. The van der Waals surface area contributed by atoms with Crippen LogP contribution in [0.1, 0.15) is 11.1 Å². The number of carbonyl (C=O) groups is 1. The number of rotatable bonds is 3. The quantitative estimate of drug-likeness (QED) is 0.680. The van der Waals surface area contributed by atoms with Gasteiger partial charge in [0.1, 0.15) is 11.6 Å². The van der Waals surface area contributed by atoms with Gasteiger partial charge in [-0.05, 0) is 29.8 Å². The largest absolute Gasteiger partial charge is 0.416 e. The molecule has 23 heavy (non-hydrogen) atoms. The third-order valence-electron chi connectivity index (χ3n) is 2.96. The predicted molar refractivity (Wildman–Crippen MR) is 80.1 cm³/mol. The van der Waals surface area contributed by atoms with Crippen molar-refractivity contribution in [3.63, 3.8) is 0 Å². The second kappa shape index (κ2) is 6.79. The summed E-state index contributed by atoms with van der Waals surface area (Å²) in [6.45, 7) is 0. The fourth-order valence-electron chi connectivity index (χ4n) is 1.91. The lowest BCUT2D eigenvalue weighted by Crippen LogP contribution is -2.14. The van der Waals surface area contributed by atoms with E-state index in [1.165, 1.54) is 18.2 Å². The monoisotopic (exact) mass is 316 g/mol. The number of benzene rings is 2. The lowest BCUT2D eigenvalue weighted by molar-refractivity contribution is -0.137. The second-order valence-electron chi connectivity index (χ2n) is 4.57. The van der Waals surface area contributed by atoms with Crippen LogP contribution in [-0.2, 0) is 11.0 Å². The Morgan fingerprint density at radius 3 is 2.26 bits per heavy atom. The van der Waals surface area contributed by atoms with E-state index in [0.717, 1.165) is 12.1 Å². The summed E-state index contributed by atoms with van der Waals surface area (Å²) < 4.78 is 38.8. The number of alkyl halides is 3. The smallest absolute Gasteiger partial charge is 0.321 e. The Hall–Kier alpha value is -3.07. The molecule has 6 heteroatoms. The van der Waals surface area contributed by atoms with E-state index in [2.05, 4.69) is 5.32 Å². The van der Waals surface area contributed by atoms with E-state index in [-0.39, 0.29) is 5.56 Å². The Morgan fingerprint density at radius 1 is 1.04 bits per heavy atom. The van der Waals surface area contributed by atoms with E-state index in [1.54, 1.807) is 36.4 Å². The number of nitrogens with zero attached hydrogens (tertiary/aromatic N) is 1. The molecule has 2 aromatic carbocycles. The molecule has 0 unspecified atom stereocenters. The highest BCUT2D eigenvalue weighted by atomic mass is 19.4. The average Bonchev–Trinajstić information content (AvgIpc) is 2.53. The van der Waals surface area contributed by atoms with Crippen molar-refractivity contribution in [1.82, 2.24) is 0 Å². The molecule has 0 atom stereocenters. The molecule has 116 valence electrons. The maximum absolute atomic E-state index is 12.9. The third kappa shape index (κ3) is 4.20. The minimum Gasteiger partial charge on any atom is -0.321 e.